The zero-order valence-corrected chi connectivity index (χ0v) is 15.8. The lowest BCUT2D eigenvalue weighted by atomic mass is 10.3. The summed E-state index contributed by atoms with van der Waals surface area (Å²) in [5.41, 5.74) is 0. The molecule has 2 heteroatoms. The molecular weight excluding hydrogens is 333 g/mol. The van der Waals surface area contributed by atoms with Crippen LogP contribution in [0.4, 0.5) is 0 Å². The van der Waals surface area contributed by atoms with Crippen molar-refractivity contribution in [3.8, 4) is 0 Å². The van der Waals surface area contributed by atoms with Gasteiger partial charge in [0.25, 0.3) is 0 Å². The van der Waals surface area contributed by atoms with E-state index in [-0.39, 0.29) is 0 Å². The second-order valence-corrected chi connectivity index (χ2v) is 9.81. The molecule has 0 aliphatic rings. The number of hydrogen-bond acceptors (Lipinski definition) is 0. The highest BCUT2D eigenvalue weighted by atomic mass is 31.2. The van der Waals surface area contributed by atoms with Crippen molar-refractivity contribution >= 4 is 28.5 Å². The van der Waals surface area contributed by atoms with Crippen LogP contribution in [0.15, 0.2) is 116 Å². The van der Waals surface area contributed by atoms with Crippen LogP contribution < -0.4 is 25.8 Å². The Bertz CT molecular complexity index is 885. The zero-order chi connectivity index (χ0) is 17.8. The fourth-order valence-electron chi connectivity index (χ4n) is 3.62. The standard InChI is InChI=1S/C24H22NP/c1-25-19-11-18-24(20-25)26(21-12-5-2-6-13-21,22-14-7-3-8-15-22)23-16-9-4-10-17-23/h2-20H,1H3/q+2. The highest BCUT2D eigenvalue weighted by Crippen LogP contribution is 2.53. The van der Waals surface area contributed by atoms with E-state index in [4.69, 9.17) is 0 Å². The van der Waals surface area contributed by atoms with Gasteiger partial charge in [-0.15, -0.1) is 0 Å². The van der Waals surface area contributed by atoms with Crippen LogP contribution in [0.2, 0.25) is 0 Å². The summed E-state index contributed by atoms with van der Waals surface area (Å²) in [5.74, 6) is 0. The minimum Gasteiger partial charge on any atom is -0.204 e. The first-order chi connectivity index (χ1) is 12.8. The van der Waals surface area contributed by atoms with Crippen molar-refractivity contribution in [2.45, 2.75) is 0 Å². The van der Waals surface area contributed by atoms with Gasteiger partial charge in [-0.3, -0.25) is 0 Å². The summed E-state index contributed by atoms with van der Waals surface area (Å²) in [6, 6.07) is 37.3. The SMILES string of the molecule is C[n+]1cccc([P+](c2ccccc2)(c2ccccc2)c2ccccc2)c1. The molecule has 0 spiro atoms. The van der Waals surface area contributed by atoms with Gasteiger partial charge < -0.3 is 0 Å². The Hall–Kier alpha value is -2.76. The summed E-state index contributed by atoms with van der Waals surface area (Å²) in [5, 5.41) is 5.50. The Balaban J connectivity index is 2.14. The lowest BCUT2D eigenvalue weighted by molar-refractivity contribution is -0.670. The first-order valence-electron chi connectivity index (χ1n) is 8.83. The fourth-order valence-corrected chi connectivity index (χ4v) is 7.93. The van der Waals surface area contributed by atoms with Crippen molar-refractivity contribution in [2.75, 3.05) is 0 Å². The summed E-state index contributed by atoms with van der Waals surface area (Å²) in [6.07, 6.45) is 4.37. The van der Waals surface area contributed by atoms with Gasteiger partial charge in [-0.2, -0.15) is 0 Å². The Morgan fingerprint density at radius 1 is 0.500 bits per heavy atom. The van der Waals surface area contributed by atoms with E-state index < -0.39 is 7.26 Å². The molecule has 3 aromatic carbocycles. The van der Waals surface area contributed by atoms with Gasteiger partial charge in [-0.25, -0.2) is 4.57 Å². The quantitative estimate of drug-likeness (QED) is 0.391. The maximum absolute atomic E-state index is 2.28. The molecule has 0 bridgehead atoms. The number of nitrogens with zero attached hydrogens (tertiary/aromatic N) is 1. The van der Waals surface area contributed by atoms with Crippen LogP contribution in [0.3, 0.4) is 0 Å². The molecule has 0 unspecified atom stereocenters. The van der Waals surface area contributed by atoms with E-state index in [1.165, 1.54) is 21.2 Å². The van der Waals surface area contributed by atoms with Gasteiger partial charge in [0.2, 0.25) is 6.20 Å². The third kappa shape index (κ3) is 2.85. The monoisotopic (exact) mass is 355 g/mol. The molecular formula is C24H22NP+2. The number of aromatic nitrogens is 1. The number of aryl methyl sites for hydroxylation is 1. The molecule has 4 rings (SSSR count). The maximum atomic E-state index is 2.28. The van der Waals surface area contributed by atoms with E-state index >= 15 is 0 Å². The number of pyridine rings is 1. The summed E-state index contributed by atoms with van der Waals surface area (Å²) in [4.78, 5) is 0. The van der Waals surface area contributed by atoms with Gasteiger partial charge in [-0.05, 0) is 42.5 Å². The fraction of sp³-hybridized carbons (Fsp3) is 0.0417. The van der Waals surface area contributed by atoms with E-state index in [0.29, 0.717) is 0 Å². The highest BCUT2D eigenvalue weighted by Gasteiger charge is 2.49. The summed E-state index contributed by atoms with van der Waals surface area (Å²) in [7, 11) is 0.143. The minimum absolute atomic E-state index is 1.37. The van der Waals surface area contributed by atoms with Crippen LogP contribution in [0.5, 0.6) is 0 Å². The number of hydrogen-bond donors (Lipinski definition) is 0. The van der Waals surface area contributed by atoms with E-state index in [0.717, 1.165) is 0 Å². The Labute approximate surface area is 155 Å². The Morgan fingerprint density at radius 2 is 0.885 bits per heavy atom. The van der Waals surface area contributed by atoms with Crippen molar-refractivity contribution in [1.29, 1.82) is 0 Å². The molecule has 0 amide bonds. The predicted octanol–water partition coefficient (Wildman–Crippen LogP) is 3.13. The zero-order valence-electron chi connectivity index (χ0n) is 14.9. The largest absolute Gasteiger partial charge is 0.212 e. The maximum Gasteiger partial charge on any atom is 0.212 e. The molecule has 4 aromatic rings. The molecule has 0 radical (unpaired) electrons. The predicted molar refractivity (Wildman–Crippen MR) is 112 cm³/mol. The van der Waals surface area contributed by atoms with E-state index in [2.05, 4.69) is 127 Å². The van der Waals surface area contributed by atoms with Crippen molar-refractivity contribution < 1.29 is 4.57 Å². The van der Waals surface area contributed by atoms with Gasteiger partial charge in [0.1, 0.15) is 23.0 Å². The highest BCUT2D eigenvalue weighted by molar-refractivity contribution is 8.01. The molecule has 0 aliphatic heterocycles. The molecule has 0 fully saturated rings. The van der Waals surface area contributed by atoms with E-state index in [1.807, 2.05) is 0 Å². The molecule has 1 nitrogen and oxygen atoms in total. The summed E-state index contributed by atoms with van der Waals surface area (Å²) in [6.45, 7) is 0. The second-order valence-electron chi connectivity index (χ2n) is 6.41. The van der Waals surface area contributed by atoms with Gasteiger partial charge in [0.15, 0.2) is 18.8 Å². The molecule has 0 saturated heterocycles. The van der Waals surface area contributed by atoms with Crippen LogP contribution in [0.25, 0.3) is 0 Å². The van der Waals surface area contributed by atoms with Crippen LogP contribution in [0.1, 0.15) is 0 Å². The van der Waals surface area contributed by atoms with Crippen molar-refractivity contribution in [3.63, 3.8) is 0 Å². The first kappa shape index (κ1) is 16.7. The minimum atomic E-state index is -1.95. The molecule has 126 valence electrons. The third-order valence-corrected chi connectivity index (χ3v) is 9.00. The number of rotatable bonds is 4. The normalized spacial score (nSPS) is 11.3. The Kier molecular flexibility index (Phi) is 4.65. The van der Waals surface area contributed by atoms with Crippen LogP contribution >= 0.6 is 7.26 Å². The summed E-state index contributed by atoms with van der Waals surface area (Å²) < 4.78 is 2.15. The first-order valence-corrected chi connectivity index (χ1v) is 10.6. The summed E-state index contributed by atoms with van der Waals surface area (Å²) >= 11 is 0. The van der Waals surface area contributed by atoms with Crippen LogP contribution in [-0.4, -0.2) is 0 Å². The molecule has 0 N–H and O–H groups in total. The molecule has 26 heavy (non-hydrogen) atoms. The van der Waals surface area contributed by atoms with E-state index in [1.54, 1.807) is 0 Å². The van der Waals surface area contributed by atoms with Crippen molar-refractivity contribution in [1.82, 2.24) is 0 Å². The molecule has 1 heterocycles. The molecule has 1 aromatic heterocycles. The van der Waals surface area contributed by atoms with Crippen molar-refractivity contribution in [3.05, 3.63) is 116 Å². The lowest BCUT2D eigenvalue weighted by Gasteiger charge is -2.26. The smallest absolute Gasteiger partial charge is 0.204 e. The van der Waals surface area contributed by atoms with Crippen molar-refractivity contribution in [2.24, 2.45) is 7.05 Å². The van der Waals surface area contributed by atoms with Gasteiger partial charge in [0, 0.05) is 6.07 Å². The molecule has 0 saturated carbocycles. The second kappa shape index (κ2) is 7.23. The average Bonchev–Trinajstić information content (AvgIpc) is 2.71. The molecule has 0 aliphatic carbocycles. The molecule has 0 atom stereocenters. The van der Waals surface area contributed by atoms with E-state index in [9.17, 15) is 0 Å². The van der Waals surface area contributed by atoms with Crippen LogP contribution in [0, 0.1) is 0 Å². The third-order valence-electron chi connectivity index (χ3n) is 4.74. The van der Waals surface area contributed by atoms with Crippen LogP contribution in [-0.2, 0) is 7.05 Å². The van der Waals surface area contributed by atoms with Gasteiger partial charge in [-0.1, -0.05) is 54.6 Å². The topological polar surface area (TPSA) is 3.88 Å². The number of benzene rings is 3. The lowest BCUT2D eigenvalue weighted by Crippen LogP contribution is -2.42. The van der Waals surface area contributed by atoms with Gasteiger partial charge in [0.05, 0.1) is 0 Å². The Morgan fingerprint density at radius 3 is 1.27 bits per heavy atom. The average molecular weight is 355 g/mol. The van der Waals surface area contributed by atoms with Gasteiger partial charge >= 0.3 is 0 Å².